The largest absolute Gasteiger partial charge is 0.481 e. The first-order chi connectivity index (χ1) is 11.1. The summed E-state index contributed by atoms with van der Waals surface area (Å²) in [5.41, 5.74) is 0. The van der Waals surface area contributed by atoms with Gasteiger partial charge in [0, 0.05) is 6.20 Å². The number of benzene rings is 1. The third-order valence-corrected chi connectivity index (χ3v) is 3.85. The van der Waals surface area contributed by atoms with Gasteiger partial charge in [-0.15, -0.1) is 0 Å². The second kappa shape index (κ2) is 6.87. The highest BCUT2D eigenvalue weighted by Crippen LogP contribution is 2.24. The van der Waals surface area contributed by atoms with Crippen LogP contribution in [0.2, 0.25) is 5.02 Å². The van der Waals surface area contributed by atoms with E-state index in [4.69, 9.17) is 21.1 Å². The molecule has 0 spiro atoms. The van der Waals surface area contributed by atoms with Gasteiger partial charge < -0.3 is 14.4 Å². The van der Waals surface area contributed by atoms with Crippen molar-refractivity contribution in [2.75, 3.05) is 13.1 Å². The zero-order valence-electron chi connectivity index (χ0n) is 12.7. The molecular weight excluding hydrogens is 316 g/mol. The Morgan fingerprint density at radius 3 is 2.70 bits per heavy atom. The smallest absolute Gasteiger partial charge is 0.263 e. The summed E-state index contributed by atoms with van der Waals surface area (Å²) in [6.07, 6.45) is 1.01. The maximum atomic E-state index is 12.3. The molecule has 0 bridgehead atoms. The maximum Gasteiger partial charge on any atom is 0.263 e. The first kappa shape index (κ1) is 15.6. The molecule has 5 nitrogen and oxygen atoms in total. The number of ether oxygens (including phenoxy) is 2. The summed E-state index contributed by atoms with van der Waals surface area (Å²) < 4.78 is 11.3. The number of pyridine rings is 1. The number of rotatable bonds is 5. The molecule has 1 aromatic heterocycles. The molecule has 23 heavy (non-hydrogen) atoms. The molecule has 1 aliphatic heterocycles. The lowest BCUT2D eigenvalue weighted by Gasteiger charge is -2.39. The average Bonchev–Trinajstić information content (AvgIpc) is 2.52. The van der Waals surface area contributed by atoms with E-state index < -0.39 is 6.10 Å². The molecule has 0 N–H and O–H groups in total. The van der Waals surface area contributed by atoms with E-state index >= 15 is 0 Å². The van der Waals surface area contributed by atoms with E-state index in [0.29, 0.717) is 29.7 Å². The summed E-state index contributed by atoms with van der Waals surface area (Å²) in [5.74, 6) is 1.03. The molecule has 2 aromatic rings. The lowest BCUT2D eigenvalue weighted by Crippen LogP contribution is -2.59. The van der Waals surface area contributed by atoms with Crippen LogP contribution >= 0.6 is 11.6 Å². The molecule has 2 heterocycles. The number of hydrogen-bond donors (Lipinski definition) is 0. The van der Waals surface area contributed by atoms with E-state index in [2.05, 4.69) is 4.98 Å². The highest BCUT2D eigenvalue weighted by molar-refractivity contribution is 6.31. The van der Waals surface area contributed by atoms with Crippen LogP contribution in [-0.2, 0) is 4.79 Å². The summed E-state index contributed by atoms with van der Waals surface area (Å²) in [5, 5.41) is 0.470. The number of amides is 1. The monoisotopic (exact) mass is 332 g/mol. The Bertz CT molecular complexity index is 675. The second-order valence-corrected chi connectivity index (χ2v) is 5.75. The fraction of sp³-hybridized carbons (Fsp3) is 0.294. The van der Waals surface area contributed by atoms with Crippen LogP contribution in [0, 0.1) is 0 Å². The summed E-state index contributed by atoms with van der Waals surface area (Å²) in [7, 11) is 0. The molecule has 1 fully saturated rings. The first-order valence-corrected chi connectivity index (χ1v) is 7.79. The number of hydrogen-bond acceptors (Lipinski definition) is 4. The SMILES string of the molecule is CC(Oc1ccccc1)C(=O)N1CC(Oc2ncccc2Cl)C1. The van der Waals surface area contributed by atoms with Gasteiger partial charge in [-0.3, -0.25) is 4.79 Å². The van der Waals surface area contributed by atoms with Crippen LogP contribution in [0.3, 0.4) is 0 Å². The Morgan fingerprint density at radius 1 is 1.26 bits per heavy atom. The number of para-hydroxylation sites is 1. The summed E-state index contributed by atoms with van der Waals surface area (Å²) in [6, 6.07) is 12.8. The topological polar surface area (TPSA) is 51.7 Å². The van der Waals surface area contributed by atoms with E-state index in [9.17, 15) is 4.79 Å². The number of likely N-dealkylation sites (tertiary alicyclic amines) is 1. The molecule has 0 saturated carbocycles. The van der Waals surface area contributed by atoms with Gasteiger partial charge in [-0.1, -0.05) is 29.8 Å². The van der Waals surface area contributed by atoms with Crippen LogP contribution in [0.1, 0.15) is 6.92 Å². The molecule has 1 aliphatic rings. The summed E-state index contributed by atoms with van der Waals surface area (Å²) >= 11 is 6.00. The van der Waals surface area contributed by atoms with Gasteiger partial charge in [0.15, 0.2) is 6.10 Å². The van der Waals surface area contributed by atoms with Crippen molar-refractivity contribution in [2.24, 2.45) is 0 Å². The van der Waals surface area contributed by atoms with Gasteiger partial charge in [0.25, 0.3) is 5.91 Å². The van der Waals surface area contributed by atoms with Crippen LogP contribution < -0.4 is 9.47 Å². The molecule has 6 heteroatoms. The summed E-state index contributed by atoms with van der Waals surface area (Å²) in [4.78, 5) is 18.1. The molecular formula is C17H17ClN2O3. The van der Waals surface area contributed by atoms with E-state index in [1.165, 1.54) is 0 Å². The average molecular weight is 333 g/mol. The number of aromatic nitrogens is 1. The molecule has 1 saturated heterocycles. The Morgan fingerprint density at radius 2 is 2.00 bits per heavy atom. The molecule has 0 aliphatic carbocycles. The zero-order chi connectivity index (χ0) is 16.2. The Labute approximate surface area is 139 Å². The van der Waals surface area contributed by atoms with Crippen LogP contribution in [0.4, 0.5) is 0 Å². The Balaban J connectivity index is 1.49. The minimum Gasteiger partial charge on any atom is -0.481 e. The van der Waals surface area contributed by atoms with Crippen molar-refractivity contribution in [1.82, 2.24) is 9.88 Å². The first-order valence-electron chi connectivity index (χ1n) is 7.41. The van der Waals surface area contributed by atoms with Gasteiger partial charge in [-0.05, 0) is 31.2 Å². The third-order valence-electron chi connectivity index (χ3n) is 3.57. The maximum absolute atomic E-state index is 12.3. The predicted molar refractivity (Wildman–Crippen MR) is 86.8 cm³/mol. The van der Waals surface area contributed by atoms with Crippen molar-refractivity contribution in [3.05, 3.63) is 53.7 Å². The summed E-state index contributed by atoms with van der Waals surface area (Å²) in [6.45, 7) is 2.77. The molecule has 3 rings (SSSR count). The molecule has 1 amide bonds. The standard InChI is InChI=1S/C17H17ClN2O3/c1-12(22-13-6-3-2-4-7-13)17(21)20-10-14(11-20)23-16-15(18)8-5-9-19-16/h2-9,12,14H,10-11H2,1H3. The van der Waals surface area contributed by atoms with E-state index in [0.717, 1.165) is 0 Å². The van der Waals surface area contributed by atoms with Crippen molar-refractivity contribution in [1.29, 1.82) is 0 Å². The lowest BCUT2D eigenvalue weighted by atomic mass is 10.1. The molecule has 1 unspecified atom stereocenters. The number of carbonyl (C=O) groups is 1. The lowest BCUT2D eigenvalue weighted by molar-refractivity contribution is -0.147. The molecule has 0 radical (unpaired) electrons. The number of nitrogens with zero attached hydrogens (tertiary/aromatic N) is 2. The van der Waals surface area contributed by atoms with Crippen LogP contribution in [0.25, 0.3) is 0 Å². The molecule has 1 aromatic carbocycles. The van der Waals surface area contributed by atoms with Gasteiger partial charge in [-0.25, -0.2) is 4.98 Å². The fourth-order valence-corrected chi connectivity index (χ4v) is 2.49. The van der Waals surface area contributed by atoms with Crippen molar-refractivity contribution < 1.29 is 14.3 Å². The van der Waals surface area contributed by atoms with Gasteiger partial charge in [0.2, 0.25) is 5.88 Å². The second-order valence-electron chi connectivity index (χ2n) is 5.35. The normalized spacial score (nSPS) is 15.7. The van der Waals surface area contributed by atoms with Crippen molar-refractivity contribution in [2.45, 2.75) is 19.1 Å². The molecule has 1 atom stereocenters. The minimum absolute atomic E-state index is 0.0548. The minimum atomic E-state index is -0.531. The number of halogens is 1. The Hall–Kier alpha value is -2.27. The van der Waals surface area contributed by atoms with Crippen molar-refractivity contribution in [3.63, 3.8) is 0 Å². The van der Waals surface area contributed by atoms with Crippen LogP contribution in [0.5, 0.6) is 11.6 Å². The van der Waals surface area contributed by atoms with Crippen molar-refractivity contribution in [3.8, 4) is 11.6 Å². The highest BCUT2D eigenvalue weighted by Gasteiger charge is 2.35. The highest BCUT2D eigenvalue weighted by atomic mass is 35.5. The Kier molecular flexibility index (Phi) is 4.67. The van der Waals surface area contributed by atoms with Gasteiger partial charge in [-0.2, -0.15) is 0 Å². The molecule has 120 valence electrons. The van der Waals surface area contributed by atoms with Gasteiger partial charge >= 0.3 is 0 Å². The zero-order valence-corrected chi connectivity index (χ0v) is 13.4. The van der Waals surface area contributed by atoms with Crippen LogP contribution in [-0.4, -0.2) is 41.1 Å². The van der Waals surface area contributed by atoms with E-state index in [-0.39, 0.29) is 12.0 Å². The van der Waals surface area contributed by atoms with Crippen LogP contribution in [0.15, 0.2) is 48.7 Å². The quantitative estimate of drug-likeness (QED) is 0.845. The fourth-order valence-electron chi connectivity index (χ4n) is 2.32. The van der Waals surface area contributed by atoms with E-state index in [1.54, 1.807) is 30.2 Å². The van der Waals surface area contributed by atoms with Crippen molar-refractivity contribution >= 4 is 17.5 Å². The number of carbonyl (C=O) groups excluding carboxylic acids is 1. The van der Waals surface area contributed by atoms with Gasteiger partial charge in [0.05, 0.1) is 13.1 Å². The van der Waals surface area contributed by atoms with Gasteiger partial charge in [0.1, 0.15) is 16.9 Å². The third kappa shape index (κ3) is 3.74. The predicted octanol–water partition coefficient (Wildman–Crippen LogP) is 2.79. The van der Waals surface area contributed by atoms with E-state index in [1.807, 2.05) is 30.3 Å².